The van der Waals surface area contributed by atoms with Crippen LogP contribution in [0, 0.1) is 0 Å². The molecular weight excluding hydrogens is 198 g/mol. The van der Waals surface area contributed by atoms with Crippen LogP contribution >= 0.6 is 11.6 Å². The Kier molecular flexibility index (Phi) is 2.85. The predicted octanol–water partition coefficient (Wildman–Crippen LogP) is 2.58. The van der Waals surface area contributed by atoms with E-state index in [2.05, 4.69) is 5.32 Å². The average molecular weight is 210 g/mol. The molecule has 1 unspecified atom stereocenters. The van der Waals surface area contributed by atoms with E-state index in [-0.39, 0.29) is 0 Å². The van der Waals surface area contributed by atoms with Gasteiger partial charge in [-0.15, -0.1) is 0 Å². The molecule has 2 rings (SSSR count). The number of rotatable bonds is 2. The van der Waals surface area contributed by atoms with Crippen LogP contribution in [0.1, 0.15) is 34.8 Å². The van der Waals surface area contributed by atoms with Gasteiger partial charge in [0.05, 0.1) is 0 Å². The Morgan fingerprint density at radius 2 is 2.36 bits per heavy atom. The lowest BCUT2D eigenvalue weighted by Gasteiger charge is -2.13. The van der Waals surface area contributed by atoms with Gasteiger partial charge in [0.25, 0.3) is 0 Å². The highest BCUT2D eigenvalue weighted by atomic mass is 35.5. The van der Waals surface area contributed by atoms with Gasteiger partial charge in [0.15, 0.2) is 0 Å². The Balaban J connectivity index is 2.37. The maximum Gasteiger partial charge on any atom is 0.150 e. The van der Waals surface area contributed by atoms with E-state index in [9.17, 15) is 4.79 Å². The summed E-state index contributed by atoms with van der Waals surface area (Å²) in [5.41, 5.74) is 1.78. The summed E-state index contributed by atoms with van der Waals surface area (Å²) in [5.74, 6) is 0. The minimum Gasteiger partial charge on any atom is -0.310 e. The number of benzene rings is 1. The largest absolute Gasteiger partial charge is 0.310 e. The van der Waals surface area contributed by atoms with Crippen LogP contribution in [0.2, 0.25) is 5.02 Å². The van der Waals surface area contributed by atoms with Crippen LogP contribution in [0.4, 0.5) is 0 Å². The van der Waals surface area contributed by atoms with Crippen molar-refractivity contribution in [3.8, 4) is 0 Å². The van der Waals surface area contributed by atoms with Crippen molar-refractivity contribution in [1.82, 2.24) is 5.32 Å². The van der Waals surface area contributed by atoms with Crippen molar-refractivity contribution in [1.29, 1.82) is 0 Å². The van der Waals surface area contributed by atoms with Crippen molar-refractivity contribution in [2.75, 3.05) is 6.54 Å². The summed E-state index contributed by atoms with van der Waals surface area (Å²) in [6.07, 6.45) is 3.14. The van der Waals surface area contributed by atoms with Gasteiger partial charge in [-0.3, -0.25) is 4.79 Å². The smallest absolute Gasteiger partial charge is 0.150 e. The van der Waals surface area contributed by atoms with Gasteiger partial charge >= 0.3 is 0 Å². The number of carbonyl (C=O) groups is 1. The zero-order valence-electron chi connectivity index (χ0n) is 7.79. The molecule has 0 radical (unpaired) electrons. The van der Waals surface area contributed by atoms with Gasteiger partial charge in [-0.05, 0) is 43.1 Å². The maximum absolute atomic E-state index is 10.8. The molecule has 1 aromatic carbocycles. The lowest BCUT2D eigenvalue weighted by Crippen LogP contribution is -2.14. The van der Waals surface area contributed by atoms with Crippen LogP contribution in [0.3, 0.4) is 0 Å². The molecule has 0 amide bonds. The second-order valence-corrected chi connectivity index (χ2v) is 3.98. The highest BCUT2D eigenvalue weighted by molar-refractivity contribution is 6.30. The molecule has 0 spiro atoms. The lowest BCUT2D eigenvalue weighted by atomic mass is 10.00. The third-order valence-electron chi connectivity index (χ3n) is 2.61. The standard InChI is InChI=1S/C11H12ClNO/c12-9-4-3-8(7-14)10(6-9)11-2-1-5-13-11/h3-4,6-7,11,13H,1-2,5H2. The quantitative estimate of drug-likeness (QED) is 0.759. The van der Waals surface area contributed by atoms with Gasteiger partial charge in [0.1, 0.15) is 6.29 Å². The average Bonchev–Trinajstić information content (AvgIpc) is 2.70. The van der Waals surface area contributed by atoms with Gasteiger partial charge in [0.2, 0.25) is 0 Å². The third kappa shape index (κ3) is 1.81. The number of aldehydes is 1. The molecule has 0 saturated carbocycles. The van der Waals surface area contributed by atoms with Crippen LogP contribution in [0.25, 0.3) is 0 Å². The minimum atomic E-state index is 0.300. The highest BCUT2D eigenvalue weighted by Gasteiger charge is 2.18. The minimum absolute atomic E-state index is 0.300. The van der Waals surface area contributed by atoms with Crippen LogP contribution in [-0.2, 0) is 0 Å². The molecule has 1 atom stereocenters. The van der Waals surface area contributed by atoms with E-state index < -0.39 is 0 Å². The Labute approximate surface area is 88.3 Å². The van der Waals surface area contributed by atoms with Crippen LogP contribution in [0.5, 0.6) is 0 Å². The molecule has 74 valence electrons. The highest BCUT2D eigenvalue weighted by Crippen LogP contribution is 2.27. The second kappa shape index (κ2) is 4.11. The Hall–Kier alpha value is -0.860. The van der Waals surface area contributed by atoms with Gasteiger partial charge in [0, 0.05) is 16.6 Å². The first-order chi connectivity index (χ1) is 6.81. The second-order valence-electron chi connectivity index (χ2n) is 3.54. The Bertz CT molecular complexity index is 345. The fraction of sp³-hybridized carbons (Fsp3) is 0.364. The molecule has 2 nitrogen and oxygen atoms in total. The van der Waals surface area contributed by atoms with E-state index in [1.807, 2.05) is 6.07 Å². The zero-order valence-corrected chi connectivity index (χ0v) is 8.55. The van der Waals surface area contributed by atoms with Crippen LogP contribution in [-0.4, -0.2) is 12.8 Å². The molecule has 1 aliphatic rings. The SMILES string of the molecule is O=Cc1ccc(Cl)cc1C1CCCN1. The maximum atomic E-state index is 10.8. The summed E-state index contributed by atoms with van der Waals surface area (Å²) < 4.78 is 0. The summed E-state index contributed by atoms with van der Waals surface area (Å²) in [6.45, 7) is 1.02. The monoisotopic (exact) mass is 209 g/mol. The lowest BCUT2D eigenvalue weighted by molar-refractivity contribution is 0.112. The number of nitrogens with one attached hydrogen (secondary N) is 1. The number of hydrogen-bond acceptors (Lipinski definition) is 2. The zero-order chi connectivity index (χ0) is 9.97. The predicted molar refractivity (Wildman–Crippen MR) is 56.8 cm³/mol. The van der Waals surface area contributed by atoms with E-state index in [0.29, 0.717) is 11.1 Å². The van der Waals surface area contributed by atoms with Crippen LogP contribution < -0.4 is 5.32 Å². The normalized spacial score (nSPS) is 21.1. The van der Waals surface area contributed by atoms with Crippen molar-refractivity contribution >= 4 is 17.9 Å². The summed E-state index contributed by atoms with van der Waals surface area (Å²) in [5, 5.41) is 4.05. The molecule has 1 N–H and O–H groups in total. The van der Waals surface area contributed by atoms with Gasteiger partial charge in [-0.2, -0.15) is 0 Å². The van der Waals surface area contributed by atoms with Gasteiger partial charge in [-0.25, -0.2) is 0 Å². The first-order valence-electron chi connectivity index (χ1n) is 4.79. The van der Waals surface area contributed by atoms with Gasteiger partial charge in [-0.1, -0.05) is 11.6 Å². The fourth-order valence-electron chi connectivity index (χ4n) is 1.90. The number of halogens is 1. The van der Waals surface area contributed by atoms with E-state index in [1.54, 1.807) is 12.1 Å². The molecule has 1 saturated heterocycles. The van der Waals surface area contributed by atoms with E-state index in [1.165, 1.54) is 0 Å². The topological polar surface area (TPSA) is 29.1 Å². The molecule has 3 heteroatoms. The molecule has 14 heavy (non-hydrogen) atoms. The Morgan fingerprint density at radius 3 is 3.00 bits per heavy atom. The molecule has 1 fully saturated rings. The number of hydrogen-bond donors (Lipinski definition) is 1. The first-order valence-corrected chi connectivity index (χ1v) is 5.17. The molecule has 0 bridgehead atoms. The van der Waals surface area contributed by atoms with Crippen molar-refractivity contribution in [2.24, 2.45) is 0 Å². The molecule has 0 aliphatic carbocycles. The van der Waals surface area contributed by atoms with E-state index in [0.717, 1.165) is 36.8 Å². The molecule has 1 aromatic rings. The Morgan fingerprint density at radius 1 is 1.50 bits per heavy atom. The third-order valence-corrected chi connectivity index (χ3v) is 2.85. The van der Waals surface area contributed by atoms with Crippen LogP contribution in [0.15, 0.2) is 18.2 Å². The first kappa shape index (κ1) is 9.69. The van der Waals surface area contributed by atoms with E-state index in [4.69, 9.17) is 11.6 Å². The molecule has 0 aromatic heterocycles. The van der Waals surface area contributed by atoms with Gasteiger partial charge < -0.3 is 5.32 Å². The summed E-state index contributed by atoms with van der Waals surface area (Å²) in [6, 6.07) is 5.72. The fourth-order valence-corrected chi connectivity index (χ4v) is 2.09. The molecular formula is C11H12ClNO. The van der Waals surface area contributed by atoms with Crippen molar-refractivity contribution in [2.45, 2.75) is 18.9 Å². The number of carbonyl (C=O) groups excluding carboxylic acids is 1. The molecule has 1 aliphatic heterocycles. The van der Waals surface area contributed by atoms with Crippen molar-refractivity contribution in [3.05, 3.63) is 34.3 Å². The van der Waals surface area contributed by atoms with Crippen molar-refractivity contribution < 1.29 is 4.79 Å². The molecule has 1 heterocycles. The summed E-state index contributed by atoms with van der Waals surface area (Å²) >= 11 is 5.91. The van der Waals surface area contributed by atoms with E-state index >= 15 is 0 Å². The van der Waals surface area contributed by atoms with Crippen molar-refractivity contribution in [3.63, 3.8) is 0 Å². The summed E-state index contributed by atoms with van der Waals surface area (Å²) in [7, 11) is 0. The summed E-state index contributed by atoms with van der Waals surface area (Å²) in [4.78, 5) is 10.8.